The molecule has 0 bridgehead atoms. The molecule has 1 atom stereocenters. The van der Waals surface area contributed by atoms with Crippen LogP contribution in [-0.2, 0) is 9.53 Å². The molecule has 0 aromatic heterocycles. The summed E-state index contributed by atoms with van der Waals surface area (Å²) in [7, 11) is 0. The van der Waals surface area contributed by atoms with Crippen LogP contribution < -0.4 is 9.84 Å². The third-order valence-electron chi connectivity index (χ3n) is 1.85. The summed E-state index contributed by atoms with van der Waals surface area (Å²) in [6.45, 7) is 4.70. The van der Waals surface area contributed by atoms with E-state index in [1.54, 1.807) is 12.1 Å². The van der Waals surface area contributed by atoms with Gasteiger partial charge in [-0.05, 0) is 12.1 Å². The normalized spacial score (nSPS) is 11.4. The van der Waals surface area contributed by atoms with E-state index in [9.17, 15) is 14.7 Å². The van der Waals surface area contributed by atoms with E-state index in [1.807, 2.05) is 0 Å². The van der Waals surface area contributed by atoms with Crippen molar-refractivity contribution in [2.75, 3.05) is 0 Å². The molecule has 0 saturated heterocycles. The highest BCUT2D eigenvalue weighted by atomic mass is 16.7. The first-order valence-corrected chi connectivity index (χ1v) is 4.84. The lowest BCUT2D eigenvalue weighted by atomic mass is 10.2. The number of carboxylic acid groups (broad SMARTS) is 1. The van der Waals surface area contributed by atoms with Gasteiger partial charge in [0.25, 0.3) is 0 Å². The Bertz CT molecular complexity index is 438. The van der Waals surface area contributed by atoms with Gasteiger partial charge in [-0.25, -0.2) is 4.79 Å². The van der Waals surface area contributed by atoms with E-state index in [-0.39, 0.29) is 11.3 Å². The van der Waals surface area contributed by atoms with Gasteiger partial charge in [-0.1, -0.05) is 18.7 Å². The third-order valence-corrected chi connectivity index (χ3v) is 1.85. The first kappa shape index (κ1) is 12.8. The Morgan fingerprint density at radius 1 is 1.41 bits per heavy atom. The molecule has 5 nitrogen and oxygen atoms in total. The average molecular weight is 235 g/mol. The SMILES string of the molecule is C=CC(=O)OC(C)Oc1ccccc1C(=O)[O-]. The van der Waals surface area contributed by atoms with Crippen LogP contribution in [0.2, 0.25) is 0 Å². The molecule has 1 aromatic carbocycles. The van der Waals surface area contributed by atoms with Gasteiger partial charge in [-0.3, -0.25) is 0 Å². The Hall–Kier alpha value is -2.30. The molecule has 0 aliphatic rings. The van der Waals surface area contributed by atoms with E-state index in [0.717, 1.165) is 6.08 Å². The summed E-state index contributed by atoms with van der Waals surface area (Å²) in [4.78, 5) is 21.6. The number of carbonyl (C=O) groups excluding carboxylic acids is 2. The lowest BCUT2D eigenvalue weighted by Gasteiger charge is -2.17. The minimum Gasteiger partial charge on any atom is -0.545 e. The van der Waals surface area contributed by atoms with Crippen molar-refractivity contribution in [3.05, 3.63) is 42.5 Å². The molecular formula is C12H11O5-. The van der Waals surface area contributed by atoms with Crippen LogP contribution in [0.3, 0.4) is 0 Å². The van der Waals surface area contributed by atoms with Gasteiger partial charge in [0.1, 0.15) is 5.75 Å². The molecule has 0 radical (unpaired) electrons. The fourth-order valence-corrected chi connectivity index (χ4v) is 1.15. The van der Waals surface area contributed by atoms with E-state index < -0.39 is 18.2 Å². The van der Waals surface area contributed by atoms with Gasteiger partial charge in [-0.2, -0.15) is 0 Å². The summed E-state index contributed by atoms with van der Waals surface area (Å²) in [6, 6.07) is 5.93. The van der Waals surface area contributed by atoms with Gasteiger partial charge in [0.05, 0.1) is 5.97 Å². The number of benzene rings is 1. The second-order valence-electron chi connectivity index (χ2n) is 3.11. The average Bonchev–Trinajstić information content (AvgIpc) is 2.29. The molecule has 5 heteroatoms. The molecule has 17 heavy (non-hydrogen) atoms. The van der Waals surface area contributed by atoms with Crippen LogP contribution in [0, 0.1) is 0 Å². The van der Waals surface area contributed by atoms with E-state index in [1.165, 1.54) is 19.1 Å². The van der Waals surface area contributed by atoms with Crippen molar-refractivity contribution in [3.8, 4) is 5.75 Å². The lowest BCUT2D eigenvalue weighted by molar-refractivity contribution is -0.255. The van der Waals surface area contributed by atoms with Gasteiger partial charge in [0.2, 0.25) is 6.29 Å². The van der Waals surface area contributed by atoms with Gasteiger partial charge in [0, 0.05) is 18.6 Å². The molecule has 0 aliphatic heterocycles. The summed E-state index contributed by atoms with van der Waals surface area (Å²) >= 11 is 0. The van der Waals surface area contributed by atoms with Crippen LogP contribution in [0.25, 0.3) is 0 Å². The molecule has 1 aromatic rings. The quantitative estimate of drug-likeness (QED) is 0.422. The number of rotatable bonds is 5. The molecule has 0 fully saturated rings. The molecule has 0 amide bonds. The summed E-state index contributed by atoms with van der Waals surface area (Å²) < 4.78 is 9.91. The number of hydrogen-bond donors (Lipinski definition) is 0. The van der Waals surface area contributed by atoms with Crippen LogP contribution in [0.1, 0.15) is 17.3 Å². The number of ether oxygens (including phenoxy) is 2. The molecule has 0 heterocycles. The van der Waals surface area contributed by atoms with Crippen molar-refractivity contribution in [2.45, 2.75) is 13.2 Å². The summed E-state index contributed by atoms with van der Waals surface area (Å²) in [5, 5.41) is 10.8. The Kier molecular flexibility index (Phi) is 4.28. The molecule has 0 aliphatic carbocycles. The Balaban J connectivity index is 2.77. The van der Waals surface area contributed by atoms with Gasteiger partial charge >= 0.3 is 5.97 Å². The van der Waals surface area contributed by atoms with E-state index in [4.69, 9.17) is 9.47 Å². The number of carboxylic acids is 1. The standard InChI is InChI=1S/C12H12O5/c1-3-11(13)17-8(2)16-10-7-5-4-6-9(10)12(14)15/h3-8H,1H2,2H3,(H,14,15)/p-1. The van der Waals surface area contributed by atoms with Crippen molar-refractivity contribution in [1.82, 2.24) is 0 Å². The first-order valence-electron chi connectivity index (χ1n) is 4.84. The Morgan fingerprint density at radius 2 is 2.06 bits per heavy atom. The highest BCUT2D eigenvalue weighted by molar-refractivity contribution is 5.89. The fraction of sp³-hybridized carbons (Fsp3) is 0.167. The predicted octanol–water partition coefficient (Wildman–Crippen LogP) is 0.504. The zero-order valence-corrected chi connectivity index (χ0v) is 9.21. The van der Waals surface area contributed by atoms with Crippen LogP contribution in [-0.4, -0.2) is 18.2 Å². The maximum Gasteiger partial charge on any atom is 0.333 e. The minimum absolute atomic E-state index is 0.0804. The van der Waals surface area contributed by atoms with Crippen molar-refractivity contribution < 1.29 is 24.2 Å². The first-order chi connectivity index (χ1) is 8.04. The van der Waals surface area contributed by atoms with E-state index in [0.29, 0.717) is 0 Å². The number of aromatic carboxylic acids is 1. The zero-order valence-electron chi connectivity index (χ0n) is 9.21. The largest absolute Gasteiger partial charge is 0.545 e. The van der Waals surface area contributed by atoms with Gasteiger partial charge in [0.15, 0.2) is 0 Å². The monoisotopic (exact) mass is 235 g/mol. The number of para-hydroxylation sites is 1. The van der Waals surface area contributed by atoms with E-state index in [2.05, 4.69) is 6.58 Å². The van der Waals surface area contributed by atoms with Crippen LogP contribution in [0.15, 0.2) is 36.9 Å². The minimum atomic E-state index is -1.36. The number of hydrogen-bond acceptors (Lipinski definition) is 5. The second-order valence-corrected chi connectivity index (χ2v) is 3.11. The number of carbonyl (C=O) groups is 2. The number of esters is 1. The molecule has 0 N–H and O–H groups in total. The zero-order chi connectivity index (χ0) is 12.8. The topological polar surface area (TPSA) is 75.7 Å². The van der Waals surface area contributed by atoms with Gasteiger partial charge < -0.3 is 19.4 Å². The molecule has 0 spiro atoms. The fourth-order valence-electron chi connectivity index (χ4n) is 1.15. The van der Waals surface area contributed by atoms with E-state index >= 15 is 0 Å². The molecule has 1 unspecified atom stereocenters. The smallest absolute Gasteiger partial charge is 0.333 e. The van der Waals surface area contributed by atoms with Crippen LogP contribution >= 0.6 is 0 Å². The predicted molar refractivity (Wildman–Crippen MR) is 57.2 cm³/mol. The molecular weight excluding hydrogens is 224 g/mol. The maximum atomic E-state index is 10.9. The third kappa shape index (κ3) is 3.64. The van der Waals surface area contributed by atoms with Crippen molar-refractivity contribution in [3.63, 3.8) is 0 Å². The highest BCUT2D eigenvalue weighted by Crippen LogP contribution is 2.18. The molecule has 90 valence electrons. The summed E-state index contributed by atoms with van der Waals surface area (Å²) in [6.07, 6.45) is 0.0749. The molecule has 0 saturated carbocycles. The second kappa shape index (κ2) is 5.69. The lowest BCUT2D eigenvalue weighted by Crippen LogP contribution is -2.25. The van der Waals surface area contributed by atoms with Gasteiger partial charge in [-0.15, -0.1) is 0 Å². The summed E-state index contributed by atoms with van der Waals surface area (Å²) in [5.41, 5.74) is -0.103. The maximum absolute atomic E-state index is 10.9. The summed E-state index contributed by atoms with van der Waals surface area (Å²) in [5.74, 6) is -1.93. The van der Waals surface area contributed by atoms with Crippen LogP contribution in [0.5, 0.6) is 5.75 Å². The van der Waals surface area contributed by atoms with Crippen LogP contribution in [0.4, 0.5) is 0 Å². The van der Waals surface area contributed by atoms with Crippen molar-refractivity contribution >= 4 is 11.9 Å². The highest BCUT2D eigenvalue weighted by Gasteiger charge is 2.11. The molecule has 1 rings (SSSR count). The Morgan fingerprint density at radius 3 is 2.65 bits per heavy atom. The van der Waals surface area contributed by atoms with Crippen molar-refractivity contribution in [2.24, 2.45) is 0 Å². The van der Waals surface area contributed by atoms with Crippen molar-refractivity contribution in [1.29, 1.82) is 0 Å². The Labute approximate surface area is 98.3 Å².